The molecule has 0 bridgehead atoms. The maximum absolute atomic E-state index is 9.40. The molecule has 2 aromatic carbocycles. The summed E-state index contributed by atoms with van der Waals surface area (Å²) in [6.45, 7) is -0.302. The standard InChI is InChI=1S/C21H18ClN3O3/c22-21-20-19(23-13-24-21)18(10-25(20)15-4-2-1-3-5-15)14-6-8-17(9-7-14)28-12-16(27)11-26/h1-10,13,16,26-27H,11-12H2. The van der Waals surface area contributed by atoms with E-state index in [0.717, 1.165) is 27.8 Å². The normalized spacial score (nSPS) is 12.2. The van der Waals surface area contributed by atoms with Gasteiger partial charge >= 0.3 is 0 Å². The van der Waals surface area contributed by atoms with Crippen LogP contribution in [0.15, 0.2) is 67.1 Å². The first kappa shape index (κ1) is 18.4. The Hall–Kier alpha value is -2.93. The van der Waals surface area contributed by atoms with Gasteiger partial charge in [0.15, 0.2) is 5.15 Å². The molecular formula is C21H18ClN3O3. The fraction of sp³-hybridized carbons (Fsp3) is 0.143. The minimum absolute atomic E-state index is 0.0337. The Labute approximate surface area is 166 Å². The number of aliphatic hydroxyl groups is 2. The van der Waals surface area contributed by atoms with Crippen LogP contribution < -0.4 is 4.74 Å². The second-order valence-corrected chi connectivity index (χ2v) is 6.64. The number of halogens is 1. The Morgan fingerprint density at radius 3 is 2.50 bits per heavy atom. The summed E-state index contributed by atoms with van der Waals surface area (Å²) in [6, 6.07) is 17.3. The van der Waals surface area contributed by atoms with Crippen molar-refractivity contribution in [3.63, 3.8) is 0 Å². The number of hydrogen-bond donors (Lipinski definition) is 2. The largest absolute Gasteiger partial charge is 0.491 e. The number of benzene rings is 2. The molecule has 0 saturated carbocycles. The maximum atomic E-state index is 9.40. The summed E-state index contributed by atoms with van der Waals surface area (Å²) < 4.78 is 7.45. The van der Waals surface area contributed by atoms with Crippen LogP contribution in [0.25, 0.3) is 27.8 Å². The fourth-order valence-corrected chi connectivity index (χ4v) is 3.23. The summed E-state index contributed by atoms with van der Waals surface area (Å²) in [6.07, 6.45) is 2.55. The van der Waals surface area contributed by atoms with E-state index >= 15 is 0 Å². The predicted octanol–water partition coefficient (Wildman–Crippen LogP) is 3.47. The first-order chi connectivity index (χ1) is 13.7. The highest BCUT2D eigenvalue weighted by atomic mass is 35.5. The monoisotopic (exact) mass is 395 g/mol. The quantitative estimate of drug-likeness (QED) is 0.488. The highest BCUT2D eigenvalue weighted by Gasteiger charge is 2.16. The molecule has 0 saturated heterocycles. The third kappa shape index (κ3) is 3.57. The van der Waals surface area contributed by atoms with Gasteiger partial charge in [0.1, 0.15) is 35.8 Å². The van der Waals surface area contributed by atoms with Crippen molar-refractivity contribution in [1.82, 2.24) is 14.5 Å². The van der Waals surface area contributed by atoms with Gasteiger partial charge in [0, 0.05) is 17.4 Å². The van der Waals surface area contributed by atoms with Crippen LogP contribution in [0.3, 0.4) is 0 Å². The second-order valence-electron chi connectivity index (χ2n) is 6.28. The average molecular weight is 396 g/mol. The smallest absolute Gasteiger partial charge is 0.157 e. The summed E-state index contributed by atoms with van der Waals surface area (Å²) in [5.74, 6) is 0.607. The SMILES string of the molecule is OCC(O)COc1ccc(-c2cn(-c3ccccc3)c3c(Cl)ncnc23)cc1. The molecule has 2 aromatic heterocycles. The third-order valence-electron chi connectivity index (χ3n) is 4.38. The molecule has 0 fully saturated rings. The lowest BCUT2D eigenvalue weighted by Crippen LogP contribution is -2.21. The zero-order valence-corrected chi connectivity index (χ0v) is 15.6. The molecule has 4 rings (SSSR count). The fourth-order valence-electron chi connectivity index (χ4n) is 3.00. The van der Waals surface area contributed by atoms with E-state index < -0.39 is 6.10 Å². The Kier molecular flexibility index (Phi) is 5.25. The van der Waals surface area contributed by atoms with Gasteiger partial charge in [-0.1, -0.05) is 41.9 Å². The Balaban J connectivity index is 1.74. The minimum atomic E-state index is -0.901. The minimum Gasteiger partial charge on any atom is -0.491 e. The van der Waals surface area contributed by atoms with E-state index in [0.29, 0.717) is 10.9 Å². The van der Waals surface area contributed by atoms with E-state index in [4.69, 9.17) is 21.4 Å². The van der Waals surface area contributed by atoms with Gasteiger partial charge in [-0.05, 0) is 29.8 Å². The Morgan fingerprint density at radius 1 is 1.04 bits per heavy atom. The van der Waals surface area contributed by atoms with Gasteiger partial charge in [0.25, 0.3) is 0 Å². The van der Waals surface area contributed by atoms with E-state index in [1.54, 1.807) is 0 Å². The number of para-hydroxylation sites is 1. The first-order valence-electron chi connectivity index (χ1n) is 8.76. The molecule has 6 nitrogen and oxygen atoms in total. The van der Waals surface area contributed by atoms with Crippen molar-refractivity contribution >= 4 is 22.6 Å². The molecule has 2 N–H and O–H groups in total. The summed E-state index contributed by atoms with van der Waals surface area (Å²) in [4.78, 5) is 8.58. The van der Waals surface area contributed by atoms with Gasteiger partial charge in [-0.25, -0.2) is 9.97 Å². The topological polar surface area (TPSA) is 80.4 Å². The molecule has 4 aromatic rings. The molecule has 1 unspecified atom stereocenters. The summed E-state index contributed by atoms with van der Waals surface area (Å²) >= 11 is 6.39. The van der Waals surface area contributed by atoms with Crippen LogP contribution in [-0.4, -0.2) is 44.1 Å². The van der Waals surface area contributed by atoms with Crippen LogP contribution in [0.4, 0.5) is 0 Å². The molecular weight excluding hydrogens is 378 g/mol. The van der Waals surface area contributed by atoms with Crippen molar-refractivity contribution in [3.05, 3.63) is 72.3 Å². The number of rotatable bonds is 6. The van der Waals surface area contributed by atoms with Gasteiger partial charge < -0.3 is 19.5 Å². The van der Waals surface area contributed by atoms with Gasteiger partial charge in [0.2, 0.25) is 0 Å². The van der Waals surface area contributed by atoms with Gasteiger partial charge in [-0.3, -0.25) is 0 Å². The number of ether oxygens (including phenoxy) is 1. The van der Waals surface area contributed by atoms with E-state index in [1.807, 2.05) is 65.4 Å². The molecule has 0 radical (unpaired) electrons. The molecule has 0 aliphatic carbocycles. The highest BCUT2D eigenvalue weighted by molar-refractivity contribution is 6.34. The van der Waals surface area contributed by atoms with E-state index in [-0.39, 0.29) is 13.2 Å². The van der Waals surface area contributed by atoms with Crippen LogP contribution in [0, 0.1) is 0 Å². The van der Waals surface area contributed by atoms with Gasteiger partial charge in [0.05, 0.1) is 6.61 Å². The molecule has 1 atom stereocenters. The van der Waals surface area contributed by atoms with E-state index in [9.17, 15) is 5.11 Å². The van der Waals surface area contributed by atoms with Crippen LogP contribution in [0.2, 0.25) is 5.15 Å². The average Bonchev–Trinajstić information content (AvgIpc) is 3.14. The van der Waals surface area contributed by atoms with Gasteiger partial charge in [-0.2, -0.15) is 0 Å². The van der Waals surface area contributed by atoms with Crippen LogP contribution >= 0.6 is 11.6 Å². The van der Waals surface area contributed by atoms with Crippen molar-refractivity contribution in [2.24, 2.45) is 0 Å². The van der Waals surface area contributed by atoms with E-state index in [1.165, 1.54) is 6.33 Å². The molecule has 7 heteroatoms. The molecule has 28 heavy (non-hydrogen) atoms. The highest BCUT2D eigenvalue weighted by Crippen LogP contribution is 2.34. The van der Waals surface area contributed by atoms with Crippen molar-refractivity contribution in [3.8, 4) is 22.6 Å². The molecule has 2 heterocycles. The number of fused-ring (bicyclic) bond motifs is 1. The lowest BCUT2D eigenvalue weighted by Gasteiger charge is -2.10. The Bertz CT molecular complexity index is 1080. The lowest BCUT2D eigenvalue weighted by molar-refractivity contribution is 0.0536. The van der Waals surface area contributed by atoms with Crippen LogP contribution in [0.1, 0.15) is 0 Å². The number of nitrogens with zero attached hydrogens (tertiary/aromatic N) is 3. The molecule has 0 aliphatic heterocycles. The van der Waals surface area contributed by atoms with Crippen molar-refractivity contribution in [2.45, 2.75) is 6.10 Å². The summed E-state index contributed by atoms with van der Waals surface area (Å²) in [5.41, 5.74) is 4.34. The Morgan fingerprint density at radius 2 is 1.79 bits per heavy atom. The number of hydrogen-bond acceptors (Lipinski definition) is 5. The first-order valence-corrected chi connectivity index (χ1v) is 9.14. The molecule has 0 amide bonds. The zero-order valence-electron chi connectivity index (χ0n) is 14.9. The van der Waals surface area contributed by atoms with E-state index in [2.05, 4.69) is 9.97 Å². The predicted molar refractivity (Wildman–Crippen MR) is 108 cm³/mol. The molecule has 0 aliphatic rings. The van der Waals surface area contributed by atoms with Crippen molar-refractivity contribution < 1.29 is 14.9 Å². The molecule has 0 spiro atoms. The lowest BCUT2D eigenvalue weighted by atomic mass is 10.1. The number of aromatic nitrogens is 3. The number of aliphatic hydroxyl groups excluding tert-OH is 2. The van der Waals surface area contributed by atoms with Crippen LogP contribution in [0.5, 0.6) is 5.75 Å². The zero-order chi connectivity index (χ0) is 19.5. The van der Waals surface area contributed by atoms with Crippen LogP contribution in [-0.2, 0) is 0 Å². The second kappa shape index (κ2) is 7.98. The van der Waals surface area contributed by atoms with Crippen molar-refractivity contribution in [2.75, 3.05) is 13.2 Å². The maximum Gasteiger partial charge on any atom is 0.157 e. The third-order valence-corrected chi connectivity index (χ3v) is 4.66. The van der Waals surface area contributed by atoms with Crippen molar-refractivity contribution in [1.29, 1.82) is 0 Å². The summed E-state index contributed by atoms with van der Waals surface area (Å²) in [7, 11) is 0. The summed E-state index contributed by atoms with van der Waals surface area (Å²) in [5, 5.41) is 18.7. The molecule has 142 valence electrons. The van der Waals surface area contributed by atoms with Gasteiger partial charge in [-0.15, -0.1) is 0 Å².